The van der Waals surface area contributed by atoms with Gasteiger partial charge in [0.1, 0.15) is 6.10 Å². The van der Waals surface area contributed by atoms with Crippen molar-refractivity contribution in [2.45, 2.75) is 18.9 Å². The van der Waals surface area contributed by atoms with E-state index >= 15 is 0 Å². The maximum absolute atomic E-state index is 10.9. The number of hydrogen-bond acceptors (Lipinski definition) is 3. The van der Waals surface area contributed by atoms with Crippen LogP contribution in [0, 0.1) is 0 Å². The van der Waals surface area contributed by atoms with Gasteiger partial charge in [0.25, 0.3) is 0 Å². The molecule has 86 valence electrons. The molecule has 1 aromatic carbocycles. The molecule has 3 nitrogen and oxygen atoms in total. The van der Waals surface area contributed by atoms with Gasteiger partial charge in [-0.1, -0.05) is 43.0 Å². The molecule has 0 aliphatic heterocycles. The van der Waals surface area contributed by atoms with E-state index in [1.54, 1.807) is 6.08 Å². The van der Waals surface area contributed by atoms with E-state index in [0.29, 0.717) is 6.42 Å². The third-order valence-electron chi connectivity index (χ3n) is 2.24. The monoisotopic (exact) mass is 220 g/mol. The fourth-order valence-corrected chi connectivity index (χ4v) is 1.35. The molecule has 0 N–H and O–H groups in total. The van der Waals surface area contributed by atoms with Gasteiger partial charge < -0.3 is 9.47 Å². The van der Waals surface area contributed by atoms with Crippen LogP contribution in [0.15, 0.2) is 43.0 Å². The van der Waals surface area contributed by atoms with Crippen LogP contribution < -0.4 is 0 Å². The Morgan fingerprint density at radius 2 is 2.12 bits per heavy atom. The summed E-state index contributed by atoms with van der Waals surface area (Å²) in [7, 11) is 1.29. The van der Waals surface area contributed by atoms with Crippen molar-refractivity contribution in [2.75, 3.05) is 7.11 Å². The van der Waals surface area contributed by atoms with Crippen LogP contribution in [0.4, 0.5) is 4.79 Å². The van der Waals surface area contributed by atoms with E-state index in [0.717, 1.165) is 6.42 Å². The second kappa shape index (κ2) is 6.67. The first-order valence-electron chi connectivity index (χ1n) is 5.17. The van der Waals surface area contributed by atoms with Crippen molar-refractivity contribution in [2.24, 2.45) is 0 Å². The molecule has 0 saturated heterocycles. The summed E-state index contributed by atoms with van der Waals surface area (Å²) in [6.07, 6.45) is 2.20. The molecular formula is C13H16O3. The Morgan fingerprint density at radius 1 is 1.44 bits per heavy atom. The van der Waals surface area contributed by atoms with Crippen LogP contribution in [0.25, 0.3) is 0 Å². The first-order valence-corrected chi connectivity index (χ1v) is 5.17. The van der Waals surface area contributed by atoms with Crippen LogP contribution in [0.1, 0.15) is 12.0 Å². The molecule has 1 atom stereocenters. The Bertz CT molecular complexity index is 332. The van der Waals surface area contributed by atoms with Gasteiger partial charge >= 0.3 is 6.16 Å². The average molecular weight is 220 g/mol. The second-order valence-electron chi connectivity index (χ2n) is 3.37. The number of hydrogen-bond donors (Lipinski definition) is 0. The number of rotatable bonds is 5. The van der Waals surface area contributed by atoms with Gasteiger partial charge in [0.2, 0.25) is 0 Å². The van der Waals surface area contributed by atoms with Gasteiger partial charge in [-0.25, -0.2) is 4.79 Å². The van der Waals surface area contributed by atoms with Crippen molar-refractivity contribution in [3.05, 3.63) is 48.6 Å². The number of methoxy groups -OCH3 is 1. The van der Waals surface area contributed by atoms with Crippen molar-refractivity contribution in [1.29, 1.82) is 0 Å². The first kappa shape index (κ1) is 12.3. The Balaban J connectivity index is 2.40. The van der Waals surface area contributed by atoms with Crippen molar-refractivity contribution in [1.82, 2.24) is 0 Å². The molecule has 1 unspecified atom stereocenters. The molecular weight excluding hydrogens is 204 g/mol. The average Bonchev–Trinajstić information content (AvgIpc) is 2.35. The Hall–Kier alpha value is -1.77. The summed E-state index contributed by atoms with van der Waals surface area (Å²) in [5, 5.41) is 0. The Labute approximate surface area is 95.7 Å². The van der Waals surface area contributed by atoms with E-state index in [-0.39, 0.29) is 6.10 Å². The van der Waals surface area contributed by atoms with Crippen LogP contribution in [0.5, 0.6) is 0 Å². The lowest BCUT2D eigenvalue weighted by atomic mass is 10.1. The van der Waals surface area contributed by atoms with Crippen LogP contribution >= 0.6 is 0 Å². The topological polar surface area (TPSA) is 35.5 Å². The van der Waals surface area contributed by atoms with Gasteiger partial charge in [0, 0.05) is 0 Å². The largest absolute Gasteiger partial charge is 0.508 e. The highest BCUT2D eigenvalue weighted by Gasteiger charge is 2.10. The summed E-state index contributed by atoms with van der Waals surface area (Å²) < 4.78 is 9.42. The number of ether oxygens (including phenoxy) is 2. The molecule has 0 bridgehead atoms. The zero-order valence-corrected chi connectivity index (χ0v) is 9.39. The molecule has 1 rings (SSSR count). The highest BCUT2D eigenvalue weighted by Crippen LogP contribution is 2.08. The molecule has 0 amide bonds. The van der Waals surface area contributed by atoms with E-state index in [2.05, 4.69) is 11.3 Å². The fourth-order valence-electron chi connectivity index (χ4n) is 1.35. The SMILES string of the molecule is C=CC(CCc1ccccc1)OC(=O)OC. The first-order chi connectivity index (χ1) is 7.76. The maximum Gasteiger partial charge on any atom is 0.508 e. The van der Waals surface area contributed by atoms with Gasteiger partial charge in [0.05, 0.1) is 7.11 Å². The van der Waals surface area contributed by atoms with Crippen LogP contribution in [0.2, 0.25) is 0 Å². The van der Waals surface area contributed by atoms with Crippen molar-refractivity contribution in [3.63, 3.8) is 0 Å². The summed E-state index contributed by atoms with van der Waals surface area (Å²) in [5.41, 5.74) is 1.21. The van der Waals surface area contributed by atoms with Gasteiger partial charge in [-0.05, 0) is 18.4 Å². The lowest BCUT2D eigenvalue weighted by molar-refractivity contribution is 0.0502. The molecule has 0 spiro atoms. The molecule has 3 heteroatoms. The van der Waals surface area contributed by atoms with Crippen LogP contribution in [-0.4, -0.2) is 19.4 Å². The molecule has 1 aromatic rings. The van der Waals surface area contributed by atoms with E-state index in [1.807, 2.05) is 30.3 Å². The summed E-state index contributed by atoms with van der Waals surface area (Å²) in [4.78, 5) is 10.9. The molecule has 0 aliphatic rings. The minimum Gasteiger partial charge on any atom is -0.438 e. The maximum atomic E-state index is 10.9. The molecule has 16 heavy (non-hydrogen) atoms. The summed E-state index contributed by atoms with van der Waals surface area (Å²) in [5.74, 6) is 0. The minimum absolute atomic E-state index is 0.298. The van der Waals surface area contributed by atoms with E-state index in [9.17, 15) is 4.79 Å². The predicted molar refractivity (Wildman–Crippen MR) is 62.2 cm³/mol. The fraction of sp³-hybridized carbons (Fsp3) is 0.308. The molecule has 0 fully saturated rings. The smallest absolute Gasteiger partial charge is 0.438 e. The quantitative estimate of drug-likeness (QED) is 0.565. The number of aryl methyl sites for hydroxylation is 1. The summed E-state index contributed by atoms with van der Waals surface area (Å²) in [6.45, 7) is 3.63. The van der Waals surface area contributed by atoms with E-state index in [1.165, 1.54) is 12.7 Å². The van der Waals surface area contributed by atoms with Crippen LogP contribution in [0.3, 0.4) is 0 Å². The molecule has 0 aliphatic carbocycles. The molecule has 0 saturated carbocycles. The number of carbonyl (C=O) groups is 1. The van der Waals surface area contributed by atoms with Crippen molar-refractivity contribution < 1.29 is 14.3 Å². The van der Waals surface area contributed by atoms with Crippen LogP contribution in [-0.2, 0) is 15.9 Å². The lowest BCUT2D eigenvalue weighted by Gasteiger charge is -2.12. The lowest BCUT2D eigenvalue weighted by Crippen LogP contribution is -2.16. The van der Waals surface area contributed by atoms with Crippen molar-refractivity contribution >= 4 is 6.16 Å². The zero-order chi connectivity index (χ0) is 11.8. The van der Waals surface area contributed by atoms with E-state index in [4.69, 9.17) is 4.74 Å². The highest BCUT2D eigenvalue weighted by atomic mass is 16.7. The predicted octanol–water partition coefficient (Wildman–Crippen LogP) is 2.96. The number of benzene rings is 1. The minimum atomic E-state index is -0.669. The molecule has 0 aromatic heterocycles. The Morgan fingerprint density at radius 3 is 2.69 bits per heavy atom. The third kappa shape index (κ3) is 4.17. The van der Waals surface area contributed by atoms with Gasteiger partial charge in [0.15, 0.2) is 0 Å². The van der Waals surface area contributed by atoms with Gasteiger partial charge in [-0.15, -0.1) is 0 Å². The van der Waals surface area contributed by atoms with E-state index < -0.39 is 6.16 Å². The second-order valence-corrected chi connectivity index (χ2v) is 3.37. The van der Waals surface area contributed by atoms with Gasteiger partial charge in [-0.3, -0.25) is 0 Å². The standard InChI is InChI=1S/C13H16O3/c1-3-12(16-13(14)15-2)10-9-11-7-5-4-6-8-11/h3-8,12H,1,9-10H2,2H3. The normalized spacial score (nSPS) is 11.6. The number of carbonyl (C=O) groups excluding carboxylic acids is 1. The summed E-state index contributed by atoms with van der Waals surface area (Å²) in [6, 6.07) is 10.0. The summed E-state index contributed by atoms with van der Waals surface area (Å²) >= 11 is 0. The van der Waals surface area contributed by atoms with Crippen molar-refractivity contribution in [3.8, 4) is 0 Å². The molecule has 0 radical (unpaired) electrons. The Kier molecular flexibility index (Phi) is 5.12. The molecule has 0 heterocycles. The van der Waals surface area contributed by atoms with Gasteiger partial charge in [-0.2, -0.15) is 0 Å². The third-order valence-corrected chi connectivity index (χ3v) is 2.24. The zero-order valence-electron chi connectivity index (χ0n) is 9.39. The highest BCUT2D eigenvalue weighted by molar-refractivity contribution is 5.60.